The van der Waals surface area contributed by atoms with Gasteiger partial charge in [-0.05, 0) is 19.4 Å². The van der Waals surface area contributed by atoms with Crippen molar-refractivity contribution in [3.05, 3.63) is 27.7 Å². The van der Waals surface area contributed by atoms with Crippen molar-refractivity contribution in [2.45, 2.75) is 19.4 Å². The van der Waals surface area contributed by atoms with Crippen molar-refractivity contribution in [3.8, 4) is 5.75 Å². The second kappa shape index (κ2) is 6.10. The molecule has 0 aliphatic carbocycles. The molecule has 1 fully saturated rings. The van der Waals surface area contributed by atoms with Gasteiger partial charge in [-0.3, -0.25) is 0 Å². The van der Waals surface area contributed by atoms with Crippen molar-refractivity contribution in [1.29, 1.82) is 0 Å². The van der Waals surface area contributed by atoms with E-state index >= 15 is 0 Å². The molecular weight excluding hydrogens is 323 g/mol. The molecule has 7 heteroatoms. The molecule has 1 heterocycles. The van der Waals surface area contributed by atoms with Crippen LogP contribution in [-0.2, 0) is 9.84 Å². The molecule has 1 aliphatic rings. The van der Waals surface area contributed by atoms with Gasteiger partial charge < -0.3 is 9.84 Å². The van der Waals surface area contributed by atoms with Crippen LogP contribution in [0.1, 0.15) is 25.0 Å². The normalized spacial score (nSPS) is 22.7. The van der Waals surface area contributed by atoms with Gasteiger partial charge in [0.2, 0.25) is 0 Å². The second-order valence-corrected chi connectivity index (χ2v) is 7.89. The Kier molecular flexibility index (Phi) is 4.84. The Morgan fingerprint density at radius 1 is 1.40 bits per heavy atom. The number of aliphatic hydroxyl groups is 1. The monoisotopic (exact) mass is 338 g/mol. The molecule has 112 valence electrons. The van der Waals surface area contributed by atoms with Crippen molar-refractivity contribution in [1.82, 2.24) is 0 Å². The third-order valence-electron chi connectivity index (χ3n) is 3.38. The fraction of sp³-hybridized carbons (Fsp3) is 0.538. The molecule has 1 N–H and O–H groups in total. The first-order valence-corrected chi connectivity index (χ1v) is 8.92. The van der Waals surface area contributed by atoms with Crippen LogP contribution in [0.2, 0.25) is 10.0 Å². The molecule has 20 heavy (non-hydrogen) atoms. The van der Waals surface area contributed by atoms with Crippen LogP contribution in [0.25, 0.3) is 0 Å². The van der Waals surface area contributed by atoms with Crippen LogP contribution in [0.3, 0.4) is 0 Å². The molecule has 1 saturated heterocycles. The van der Waals surface area contributed by atoms with Crippen molar-refractivity contribution >= 4 is 33.0 Å². The number of aliphatic hydroxyl groups excluding tert-OH is 1. The number of rotatable bonds is 4. The molecular formula is C13H16Cl2O4S. The summed E-state index contributed by atoms with van der Waals surface area (Å²) in [5, 5.41) is 11.0. The summed E-state index contributed by atoms with van der Waals surface area (Å²) in [6, 6.07) is 3.10. The van der Waals surface area contributed by atoms with Crippen molar-refractivity contribution in [2.24, 2.45) is 5.92 Å². The highest BCUT2D eigenvalue weighted by Gasteiger charge is 2.34. The predicted molar refractivity (Wildman–Crippen MR) is 79.4 cm³/mol. The Hall–Kier alpha value is -0.490. The molecule has 0 spiro atoms. The minimum atomic E-state index is -3.05. The summed E-state index contributed by atoms with van der Waals surface area (Å²) in [6.45, 7) is 2.29. The first-order valence-electron chi connectivity index (χ1n) is 6.34. The SMILES string of the molecule is CCOc1cc(Cl)c(C(O)C2CCS(=O)(=O)C2)cc1Cl. The van der Waals surface area contributed by atoms with Gasteiger partial charge in [-0.1, -0.05) is 23.2 Å². The van der Waals surface area contributed by atoms with Gasteiger partial charge in [0, 0.05) is 17.5 Å². The lowest BCUT2D eigenvalue weighted by Crippen LogP contribution is -2.14. The van der Waals surface area contributed by atoms with Crippen LogP contribution in [-0.4, -0.2) is 31.6 Å². The number of benzene rings is 1. The van der Waals surface area contributed by atoms with E-state index in [1.807, 2.05) is 6.92 Å². The molecule has 2 unspecified atom stereocenters. The third kappa shape index (κ3) is 3.39. The zero-order chi connectivity index (χ0) is 14.9. The van der Waals surface area contributed by atoms with Gasteiger partial charge in [-0.25, -0.2) is 8.42 Å². The predicted octanol–water partition coefficient (Wildman–Crippen LogP) is 2.86. The van der Waals surface area contributed by atoms with Crippen molar-refractivity contribution in [3.63, 3.8) is 0 Å². The van der Waals surface area contributed by atoms with E-state index in [0.29, 0.717) is 34.4 Å². The standard InChI is InChI=1S/C13H16Cl2O4S/c1-2-19-12-6-10(14)9(5-11(12)15)13(16)8-3-4-20(17,18)7-8/h5-6,8,13,16H,2-4,7H2,1H3. The lowest BCUT2D eigenvalue weighted by atomic mass is 9.95. The van der Waals surface area contributed by atoms with Crippen molar-refractivity contribution < 1.29 is 18.3 Å². The highest BCUT2D eigenvalue weighted by Crippen LogP contribution is 2.39. The number of sulfone groups is 1. The first-order chi connectivity index (χ1) is 9.34. The molecule has 2 atom stereocenters. The van der Waals surface area contributed by atoms with Gasteiger partial charge in [-0.15, -0.1) is 0 Å². The summed E-state index contributed by atoms with van der Waals surface area (Å²) in [5.74, 6) is 0.201. The van der Waals surface area contributed by atoms with E-state index in [9.17, 15) is 13.5 Å². The maximum atomic E-state index is 11.5. The fourth-order valence-corrected chi connectivity index (χ4v) is 4.69. The van der Waals surface area contributed by atoms with E-state index in [-0.39, 0.29) is 17.4 Å². The Morgan fingerprint density at radius 2 is 2.10 bits per heavy atom. The Morgan fingerprint density at radius 3 is 2.65 bits per heavy atom. The smallest absolute Gasteiger partial charge is 0.150 e. The molecule has 1 aromatic rings. The Balaban J connectivity index is 2.26. The average Bonchev–Trinajstić information content (AvgIpc) is 2.73. The van der Waals surface area contributed by atoms with Gasteiger partial charge in [0.1, 0.15) is 5.75 Å². The number of hydrogen-bond donors (Lipinski definition) is 1. The molecule has 0 bridgehead atoms. The molecule has 1 aromatic carbocycles. The topological polar surface area (TPSA) is 63.6 Å². The van der Waals surface area contributed by atoms with Gasteiger partial charge in [0.05, 0.1) is 34.3 Å². The van der Waals surface area contributed by atoms with E-state index in [1.165, 1.54) is 0 Å². The fourth-order valence-electron chi connectivity index (χ4n) is 2.36. The van der Waals surface area contributed by atoms with Crippen LogP contribution in [0.5, 0.6) is 5.75 Å². The first kappa shape index (κ1) is 15.9. The maximum absolute atomic E-state index is 11.5. The van der Waals surface area contributed by atoms with Gasteiger partial charge >= 0.3 is 0 Å². The van der Waals surface area contributed by atoms with Crippen LogP contribution in [0, 0.1) is 5.92 Å². The zero-order valence-electron chi connectivity index (χ0n) is 11.0. The summed E-state index contributed by atoms with van der Waals surface area (Å²) in [7, 11) is -3.05. The van der Waals surface area contributed by atoms with Gasteiger partial charge in [0.25, 0.3) is 0 Å². The zero-order valence-corrected chi connectivity index (χ0v) is 13.3. The second-order valence-electron chi connectivity index (χ2n) is 4.85. The van der Waals surface area contributed by atoms with E-state index in [1.54, 1.807) is 12.1 Å². The maximum Gasteiger partial charge on any atom is 0.150 e. The molecule has 0 aromatic heterocycles. The molecule has 0 saturated carbocycles. The largest absolute Gasteiger partial charge is 0.492 e. The molecule has 2 rings (SSSR count). The highest BCUT2D eigenvalue weighted by atomic mass is 35.5. The summed E-state index contributed by atoms with van der Waals surface area (Å²) >= 11 is 12.2. The minimum absolute atomic E-state index is 0.0185. The molecule has 4 nitrogen and oxygen atoms in total. The number of ether oxygens (including phenoxy) is 1. The van der Waals surface area contributed by atoms with Crippen LogP contribution < -0.4 is 4.74 Å². The quantitative estimate of drug-likeness (QED) is 0.916. The Bertz CT molecular complexity index is 601. The average molecular weight is 339 g/mol. The molecule has 0 amide bonds. The Labute approximate surface area is 128 Å². The van der Waals surface area contributed by atoms with Gasteiger partial charge in [0.15, 0.2) is 9.84 Å². The van der Waals surface area contributed by atoms with E-state index < -0.39 is 15.9 Å². The van der Waals surface area contributed by atoms with Crippen LogP contribution in [0.15, 0.2) is 12.1 Å². The van der Waals surface area contributed by atoms with E-state index in [4.69, 9.17) is 27.9 Å². The van der Waals surface area contributed by atoms with E-state index in [0.717, 1.165) is 0 Å². The molecule has 0 radical (unpaired) electrons. The molecule has 1 aliphatic heterocycles. The van der Waals surface area contributed by atoms with E-state index in [2.05, 4.69) is 0 Å². The lowest BCUT2D eigenvalue weighted by Gasteiger charge is -2.19. The summed E-state index contributed by atoms with van der Waals surface area (Å²) in [4.78, 5) is 0. The number of hydrogen-bond acceptors (Lipinski definition) is 4. The number of halogens is 2. The van der Waals surface area contributed by atoms with Gasteiger partial charge in [-0.2, -0.15) is 0 Å². The third-order valence-corrected chi connectivity index (χ3v) is 5.80. The summed E-state index contributed by atoms with van der Waals surface area (Å²) in [5.41, 5.74) is 0.446. The highest BCUT2D eigenvalue weighted by molar-refractivity contribution is 7.91. The lowest BCUT2D eigenvalue weighted by molar-refractivity contribution is 0.121. The van der Waals surface area contributed by atoms with Crippen molar-refractivity contribution in [2.75, 3.05) is 18.1 Å². The van der Waals surface area contributed by atoms with Crippen LogP contribution >= 0.6 is 23.2 Å². The summed E-state index contributed by atoms with van der Waals surface area (Å²) in [6.07, 6.45) is -0.502. The van der Waals surface area contributed by atoms with Crippen LogP contribution in [0.4, 0.5) is 0 Å². The minimum Gasteiger partial charge on any atom is -0.492 e. The summed E-state index contributed by atoms with van der Waals surface area (Å²) < 4.78 is 28.3.